The summed E-state index contributed by atoms with van der Waals surface area (Å²) in [5.74, 6) is -1.01. The van der Waals surface area contributed by atoms with Gasteiger partial charge in [-0.1, -0.05) is 0 Å². The normalized spacial score (nSPS) is 10.3. The van der Waals surface area contributed by atoms with Crippen LogP contribution in [0.1, 0.15) is 18.5 Å². The van der Waals surface area contributed by atoms with Crippen LogP contribution in [0, 0.1) is 0 Å². The van der Waals surface area contributed by atoms with Gasteiger partial charge in [0, 0.05) is 35.9 Å². The van der Waals surface area contributed by atoms with E-state index in [4.69, 9.17) is 19.7 Å². The predicted molar refractivity (Wildman–Crippen MR) is 141 cm³/mol. The van der Waals surface area contributed by atoms with Crippen molar-refractivity contribution >= 4 is 11.9 Å². The second-order valence-electron chi connectivity index (χ2n) is 8.17. The SMILES string of the molecule is FCCOc1cccnc1COc1ccc(-c2nn(CCF)cc2-c2ccncc2)cc1.O=C(O)CCC(=O)O. The van der Waals surface area contributed by atoms with Gasteiger partial charge in [0.05, 0.1) is 19.4 Å². The highest BCUT2D eigenvalue weighted by Gasteiger charge is 2.14. The van der Waals surface area contributed by atoms with Crippen LogP contribution >= 0.6 is 0 Å². The van der Waals surface area contributed by atoms with Crippen LogP contribution in [0.15, 0.2) is 73.3 Å². The number of halogens is 2. The maximum absolute atomic E-state index is 12.9. The van der Waals surface area contributed by atoms with Gasteiger partial charge in [0.2, 0.25) is 0 Å². The number of ether oxygens (including phenoxy) is 2. The molecule has 12 heteroatoms. The summed E-state index contributed by atoms with van der Waals surface area (Å²) in [6.45, 7) is -0.707. The Morgan fingerprint density at radius 1 is 0.850 bits per heavy atom. The maximum atomic E-state index is 12.9. The van der Waals surface area contributed by atoms with Crippen LogP contribution in [0.3, 0.4) is 0 Å². The molecule has 0 bridgehead atoms. The first kappa shape index (κ1) is 29.7. The van der Waals surface area contributed by atoms with Gasteiger partial charge in [-0.25, -0.2) is 8.78 Å². The van der Waals surface area contributed by atoms with Crippen molar-refractivity contribution in [1.29, 1.82) is 0 Å². The molecule has 1 aromatic carbocycles. The molecule has 0 aliphatic heterocycles. The van der Waals surface area contributed by atoms with Crippen LogP contribution in [0.4, 0.5) is 8.78 Å². The Balaban J connectivity index is 0.000000482. The first-order chi connectivity index (χ1) is 19.4. The molecule has 4 rings (SSSR count). The van der Waals surface area contributed by atoms with E-state index in [-0.39, 0.29) is 32.6 Å². The van der Waals surface area contributed by atoms with Crippen LogP contribution in [0.5, 0.6) is 11.5 Å². The number of aryl methyl sites for hydroxylation is 1. The van der Waals surface area contributed by atoms with Gasteiger partial charge in [-0.05, 0) is 54.1 Å². The Morgan fingerprint density at radius 2 is 1.55 bits per heavy atom. The van der Waals surface area contributed by atoms with Crippen molar-refractivity contribution in [3.05, 3.63) is 79.0 Å². The van der Waals surface area contributed by atoms with E-state index in [0.717, 1.165) is 22.4 Å². The molecule has 210 valence electrons. The molecule has 0 spiro atoms. The monoisotopic (exact) mass is 554 g/mol. The molecule has 0 atom stereocenters. The Bertz CT molecular complexity index is 1350. The minimum Gasteiger partial charge on any atom is -0.489 e. The fraction of sp³-hybridized carbons (Fsp3) is 0.250. The molecule has 0 aliphatic rings. The Hall–Kier alpha value is -4.87. The Kier molecular flexibility index (Phi) is 11.5. The summed E-state index contributed by atoms with van der Waals surface area (Å²) in [5, 5.41) is 20.4. The van der Waals surface area contributed by atoms with E-state index in [1.165, 1.54) is 0 Å². The lowest BCUT2D eigenvalue weighted by Crippen LogP contribution is -2.05. The molecule has 0 radical (unpaired) electrons. The molecule has 0 amide bonds. The number of hydrogen-bond acceptors (Lipinski definition) is 7. The molecule has 40 heavy (non-hydrogen) atoms. The van der Waals surface area contributed by atoms with Crippen LogP contribution in [-0.2, 0) is 22.7 Å². The first-order valence-corrected chi connectivity index (χ1v) is 12.2. The van der Waals surface area contributed by atoms with Gasteiger partial charge in [-0.2, -0.15) is 5.10 Å². The van der Waals surface area contributed by atoms with Gasteiger partial charge < -0.3 is 19.7 Å². The van der Waals surface area contributed by atoms with Crippen molar-refractivity contribution < 1.29 is 38.1 Å². The van der Waals surface area contributed by atoms with Gasteiger partial charge in [0.25, 0.3) is 0 Å². The van der Waals surface area contributed by atoms with Gasteiger partial charge in [0.1, 0.15) is 49.4 Å². The topological polar surface area (TPSA) is 137 Å². The maximum Gasteiger partial charge on any atom is 0.303 e. The van der Waals surface area contributed by atoms with E-state index in [0.29, 0.717) is 17.2 Å². The number of carboxylic acids is 2. The molecule has 0 saturated heterocycles. The van der Waals surface area contributed by atoms with E-state index in [2.05, 4.69) is 15.1 Å². The summed E-state index contributed by atoms with van der Waals surface area (Å²) >= 11 is 0. The number of aliphatic carboxylic acids is 2. The smallest absolute Gasteiger partial charge is 0.303 e. The molecule has 3 aromatic heterocycles. The van der Waals surface area contributed by atoms with Gasteiger partial charge in [-0.15, -0.1) is 0 Å². The van der Waals surface area contributed by atoms with Crippen LogP contribution in [-0.4, -0.2) is 61.9 Å². The second kappa shape index (κ2) is 15.5. The zero-order valence-electron chi connectivity index (χ0n) is 21.5. The minimum absolute atomic E-state index is 0.0255. The highest BCUT2D eigenvalue weighted by atomic mass is 19.1. The lowest BCUT2D eigenvalue weighted by Gasteiger charge is -2.11. The quantitative estimate of drug-likeness (QED) is 0.238. The summed E-state index contributed by atoms with van der Waals surface area (Å²) in [7, 11) is 0. The number of alkyl halides is 2. The molecule has 0 saturated carbocycles. The van der Waals surface area contributed by atoms with Crippen molar-refractivity contribution in [2.75, 3.05) is 20.0 Å². The van der Waals surface area contributed by atoms with E-state index in [1.807, 2.05) is 42.6 Å². The first-order valence-electron chi connectivity index (χ1n) is 12.2. The van der Waals surface area contributed by atoms with E-state index >= 15 is 0 Å². The molecule has 0 unspecified atom stereocenters. The second-order valence-corrected chi connectivity index (χ2v) is 8.17. The molecule has 2 N–H and O–H groups in total. The Morgan fingerprint density at radius 3 is 2.17 bits per heavy atom. The predicted octanol–water partition coefficient (Wildman–Crippen LogP) is 4.84. The van der Waals surface area contributed by atoms with Crippen molar-refractivity contribution in [2.45, 2.75) is 26.0 Å². The van der Waals surface area contributed by atoms with Crippen LogP contribution in [0.25, 0.3) is 22.4 Å². The molecule has 4 aromatic rings. The fourth-order valence-electron chi connectivity index (χ4n) is 3.46. The van der Waals surface area contributed by atoms with Crippen molar-refractivity contribution in [3.63, 3.8) is 0 Å². The summed E-state index contributed by atoms with van der Waals surface area (Å²) in [5.41, 5.74) is 4.08. The largest absolute Gasteiger partial charge is 0.489 e. The summed E-state index contributed by atoms with van der Waals surface area (Å²) in [4.78, 5) is 27.6. The van der Waals surface area contributed by atoms with Gasteiger partial charge >= 0.3 is 11.9 Å². The highest BCUT2D eigenvalue weighted by Crippen LogP contribution is 2.32. The zero-order chi connectivity index (χ0) is 28.7. The lowest BCUT2D eigenvalue weighted by atomic mass is 10.0. The van der Waals surface area contributed by atoms with Gasteiger partial charge in [0.15, 0.2) is 0 Å². The van der Waals surface area contributed by atoms with Crippen molar-refractivity contribution in [3.8, 4) is 33.9 Å². The number of carbonyl (C=O) groups is 2. The fourth-order valence-corrected chi connectivity index (χ4v) is 3.46. The van der Waals surface area contributed by atoms with Crippen LogP contribution in [0.2, 0.25) is 0 Å². The number of rotatable bonds is 13. The lowest BCUT2D eigenvalue weighted by molar-refractivity contribution is -0.143. The number of hydrogen-bond donors (Lipinski definition) is 2. The number of aromatic nitrogens is 4. The standard InChI is InChI=1S/C24H22F2N4O2.C4H6O4/c25-9-14-30-16-21(18-7-12-27-13-8-18)24(29-30)19-3-5-20(6-4-19)32-17-22-23(31-15-10-26)2-1-11-28-22;5-3(6)1-2-4(7)8/h1-8,11-13,16H,9-10,14-15,17H2;1-2H2,(H,5,6)(H,7,8). The number of carboxylic acid groups (broad SMARTS) is 2. The van der Waals surface area contributed by atoms with E-state index in [9.17, 15) is 18.4 Å². The molecule has 10 nitrogen and oxygen atoms in total. The van der Waals surface area contributed by atoms with E-state index in [1.54, 1.807) is 35.4 Å². The molecular formula is C28H28F2N4O6. The molecule has 0 aliphatic carbocycles. The van der Waals surface area contributed by atoms with Crippen molar-refractivity contribution in [2.24, 2.45) is 0 Å². The third kappa shape index (κ3) is 9.15. The highest BCUT2D eigenvalue weighted by molar-refractivity contribution is 5.80. The summed E-state index contributed by atoms with van der Waals surface area (Å²) in [6.07, 6.45) is 6.31. The average molecular weight is 555 g/mol. The zero-order valence-corrected chi connectivity index (χ0v) is 21.5. The average Bonchev–Trinajstić information content (AvgIpc) is 3.39. The molecular weight excluding hydrogens is 526 g/mol. The summed E-state index contributed by atoms with van der Waals surface area (Å²) in [6, 6.07) is 14.7. The third-order valence-electron chi connectivity index (χ3n) is 5.31. The molecule has 3 heterocycles. The minimum atomic E-state index is -1.08. The third-order valence-corrected chi connectivity index (χ3v) is 5.31. The number of pyridine rings is 2. The van der Waals surface area contributed by atoms with Gasteiger partial charge in [-0.3, -0.25) is 24.2 Å². The number of nitrogens with zero attached hydrogens (tertiary/aromatic N) is 4. The van der Waals surface area contributed by atoms with E-state index < -0.39 is 25.3 Å². The summed E-state index contributed by atoms with van der Waals surface area (Å²) < 4.78 is 38.1. The number of benzene rings is 1. The van der Waals surface area contributed by atoms with Crippen LogP contribution < -0.4 is 9.47 Å². The Labute approximate surface area is 228 Å². The molecule has 0 fully saturated rings. The van der Waals surface area contributed by atoms with Crippen molar-refractivity contribution in [1.82, 2.24) is 19.7 Å².